The Morgan fingerprint density at radius 3 is 2.88 bits per heavy atom. The lowest BCUT2D eigenvalue weighted by Gasteiger charge is -2.07. The fourth-order valence-corrected chi connectivity index (χ4v) is 3.88. The first-order valence-corrected chi connectivity index (χ1v) is 9.01. The minimum Gasteiger partial charge on any atom is -0.321 e. The molecule has 1 amide bonds. The van der Waals surface area contributed by atoms with Gasteiger partial charge in [0.05, 0.1) is 11.1 Å². The SMILES string of the molecule is O=C(Nc1ccc(-n2cccn2)c(F)c1)c1cnc(-c2cccs2)s1. The van der Waals surface area contributed by atoms with Crippen molar-refractivity contribution in [3.05, 3.63) is 71.1 Å². The molecule has 0 aliphatic rings. The second-order valence-electron chi connectivity index (χ2n) is 5.08. The van der Waals surface area contributed by atoms with E-state index in [4.69, 9.17) is 0 Å². The zero-order chi connectivity index (χ0) is 17.2. The highest BCUT2D eigenvalue weighted by atomic mass is 32.1. The zero-order valence-electron chi connectivity index (χ0n) is 12.7. The summed E-state index contributed by atoms with van der Waals surface area (Å²) in [5.74, 6) is -0.781. The van der Waals surface area contributed by atoms with Crippen molar-refractivity contribution in [2.45, 2.75) is 0 Å². The van der Waals surface area contributed by atoms with Crippen LogP contribution < -0.4 is 5.32 Å². The molecule has 0 radical (unpaired) electrons. The van der Waals surface area contributed by atoms with E-state index >= 15 is 0 Å². The number of thiazole rings is 1. The molecule has 0 saturated heterocycles. The number of nitrogens with one attached hydrogen (secondary N) is 1. The van der Waals surface area contributed by atoms with Crippen LogP contribution in [0.1, 0.15) is 9.67 Å². The molecule has 0 atom stereocenters. The minimum atomic E-state index is -0.468. The van der Waals surface area contributed by atoms with E-state index in [1.54, 1.807) is 41.9 Å². The number of benzene rings is 1. The monoisotopic (exact) mass is 370 g/mol. The molecule has 0 unspecified atom stereocenters. The fourth-order valence-electron chi connectivity index (χ4n) is 2.27. The van der Waals surface area contributed by atoms with Crippen molar-refractivity contribution in [1.82, 2.24) is 14.8 Å². The summed E-state index contributed by atoms with van der Waals surface area (Å²) in [5, 5.41) is 9.44. The molecule has 0 fully saturated rings. The summed E-state index contributed by atoms with van der Waals surface area (Å²) >= 11 is 2.87. The number of hydrogen-bond acceptors (Lipinski definition) is 5. The maximum absolute atomic E-state index is 14.2. The van der Waals surface area contributed by atoms with E-state index < -0.39 is 5.82 Å². The number of nitrogens with zero attached hydrogens (tertiary/aromatic N) is 3. The molecule has 3 aromatic heterocycles. The number of carbonyl (C=O) groups excluding carboxylic acids is 1. The van der Waals surface area contributed by atoms with Gasteiger partial charge in [0.15, 0.2) is 5.82 Å². The Labute approximate surface area is 150 Å². The van der Waals surface area contributed by atoms with Crippen LogP contribution in [0.15, 0.2) is 60.4 Å². The normalized spacial score (nSPS) is 10.8. The van der Waals surface area contributed by atoms with Crippen molar-refractivity contribution in [2.75, 3.05) is 5.32 Å². The van der Waals surface area contributed by atoms with E-state index in [2.05, 4.69) is 15.4 Å². The molecule has 0 saturated carbocycles. The first-order chi connectivity index (χ1) is 12.2. The van der Waals surface area contributed by atoms with Gasteiger partial charge in [-0.1, -0.05) is 6.07 Å². The topological polar surface area (TPSA) is 59.8 Å². The van der Waals surface area contributed by atoms with Gasteiger partial charge in [-0.25, -0.2) is 14.1 Å². The lowest BCUT2D eigenvalue weighted by molar-refractivity contribution is 0.103. The van der Waals surface area contributed by atoms with Crippen molar-refractivity contribution in [1.29, 1.82) is 0 Å². The van der Waals surface area contributed by atoms with E-state index in [9.17, 15) is 9.18 Å². The molecule has 3 heterocycles. The van der Waals surface area contributed by atoms with Gasteiger partial charge in [-0.2, -0.15) is 5.10 Å². The standard InChI is InChI=1S/C17H11FN4OS2/c18-12-9-11(4-5-13(12)22-7-2-6-20-22)21-16(23)15-10-19-17(25-15)14-3-1-8-24-14/h1-10H,(H,21,23). The van der Waals surface area contributed by atoms with E-state index in [1.807, 2.05) is 17.5 Å². The van der Waals surface area contributed by atoms with E-state index in [1.165, 1.54) is 28.3 Å². The largest absolute Gasteiger partial charge is 0.321 e. The summed E-state index contributed by atoms with van der Waals surface area (Å²) in [6.45, 7) is 0. The first-order valence-electron chi connectivity index (χ1n) is 7.31. The van der Waals surface area contributed by atoms with E-state index in [0.29, 0.717) is 16.3 Å². The van der Waals surface area contributed by atoms with Crippen molar-refractivity contribution in [3.63, 3.8) is 0 Å². The molecule has 0 spiro atoms. The molecule has 1 aromatic carbocycles. The molecule has 1 N–H and O–H groups in total. The number of hydrogen-bond donors (Lipinski definition) is 1. The van der Waals surface area contributed by atoms with Crippen LogP contribution in [0.25, 0.3) is 15.6 Å². The van der Waals surface area contributed by atoms with Crippen LogP contribution in [0.2, 0.25) is 0 Å². The third-order valence-electron chi connectivity index (χ3n) is 3.42. The Morgan fingerprint density at radius 2 is 2.16 bits per heavy atom. The Morgan fingerprint density at radius 1 is 1.24 bits per heavy atom. The molecule has 0 aliphatic heterocycles. The predicted molar refractivity (Wildman–Crippen MR) is 96.9 cm³/mol. The summed E-state index contributed by atoms with van der Waals surface area (Å²) in [5.41, 5.74) is 0.699. The number of amides is 1. The highest BCUT2D eigenvalue weighted by Crippen LogP contribution is 2.29. The Hall–Kier alpha value is -2.84. The molecule has 124 valence electrons. The van der Waals surface area contributed by atoms with Crippen molar-refractivity contribution in [3.8, 4) is 15.6 Å². The maximum Gasteiger partial charge on any atom is 0.267 e. The number of carbonyl (C=O) groups is 1. The van der Waals surface area contributed by atoms with Gasteiger partial charge >= 0.3 is 0 Å². The second kappa shape index (κ2) is 6.58. The van der Waals surface area contributed by atoms with E-state index in [0.717, 1.165) is 9.88 Å². The molecule has 0 aliphatic carbocycles. The van der Waals surface area contributed by atoms with Crippen molar-refractivity contribution >= 4 is 34.3 Å². The number of aromatic nitrogens is 3. The summed E-state index contributed by atoms with van der Waals surface area (Å²) in [7, 11) is 0. The molecule has 8 heteroatoms. The van der Waals surface area contributed by atoms with Crippen LogP contribution in [0, 0.1) is 5.82 Å². The third kappa shape index (κ3) is 3.21. The molecular weight excluding hydrogens is 359 g/mol. The van der Waals surface area contributed by atoms with Gasteiger partial charge in [-0.15, -0.1) is 22.7 Å². The average Bonchev–Trinajstić information content (AvgIpc) is 3.35. The molecule has 0 bridgehead atoms. The average molecular weight is 370 g/mol. The number of halogens is 1. The first kappa shape index (κ1) is 15.7. The Balaban J connectivity index is 1.52. The molecule has 5 nitrogen and oxygen atoms in total. The number of anilines is 1. The highest BCUT2D eigenvalue weighted by molar-refractivity contribution is 7.22. The van der Waals surface area contributed by atoms with Crippen molar-refractivity contribution in [2.24, 2.45) is 0 Å². The zero-order valence-corrected chi connectivity index (χ0v) is 14.4. The van der Waals surface area contributed by atoms with Gasteiger partial charge in [0.25, 0.3) is 5.91 Å². The Bertz CT molecular complexity index is 1010. The number of thiophene rings is 1. The van der Waals surface area contributed by atoms with Gasteiger partial charge in [0.2, 0.25) is 0 Å². The van der Waals surface area contributed by atoms with Crippen LogP contribution >= 0.6 is 22.7 Å². The maximum atomic E-state index is 14.2. The lowest BCUT2D eigenvalue weighted by Crippen LogP contribution is -2.10. The lowest BCUT2D eigenvalue weighted by atomic mass is 10.2. The molecule has 4 rings (SSSR count). The summed E-state index contributed by atoms with van der Waals surface area (Å²) in [6.07, 6.45) is 4.76. The smallest absolute Gasteiger partial charge is 0.267 e. The fraction of sp³-hybridized carbons (Fsp3) is 0. The van der Waals surface area contributed by atoms with Crippen LogP contribution in [0.4, 0.5) is 10.1 Å². The van der Waals surface area contributed by atoms with Crippen LogP contribution in [0.5, 0.6) is 0 Å². The van der Waals surface area contributed by atoms with Gasteiger partial charge in [-0.05, 0) is 35.7 Å². The summed E-state index contributed by atoms with van der Waals surface area (Å²) in [6, 6.07) is 10.1. The van der Waals surface area contributed by atoms with Crippen LogP contribution in [-0.2, 0) is 0 Å². The molecule has 4 aromatic rings. The Kier molecular flexibility index (Phi) is 4.12. The van der Waals surface area contributed by atoms with E-state index in [-0.39, 0.29) is 5.91 Å². The predicted octanol–water partition coefficient (Wildman–Crippen LogP) is 4.45. The summed E-state index contributed by atoms with van der Waals surface area (Å²) < 4.78 is 15.7. The quantitative estimate of drug-likeness (QED) is 0.577. The molecular formula is C17H11FN4OS2. The highest BCUT2D eigenvalue weighted by Gasteiger charge is 2.14. The minimum absolute atomic E-state index is 0.313. The van der Waals surface area contributed by atoms with Crippen LogP contribution in [-0.4, -0.2) is 20.7 Å². The number of rotatable bonds is 4. The van der Waals surface area contributed by atoms with Crippen LogP contribution in [0.3, 0.4) is 0 Å². The van der Waals surface area contributed by atoms with Crippen molar-refractivity contribution < 1.29 is 9.18 Å². The third-order valence-corrected chi connectivity index (χ3v) is 5.45. The van der Waals surface area contributed by atoms with Gasteiger partial charge in [0, 0.05) is 18.1 Å². The van der Waals surface area contributed by atoms with Gasteiger partial charge in [0.1, 0.15) is 15.6 Å². The van der Waals surface area contributed by atoms with Gasteiger partial charge in [-0.3, -0.25) is 4.79 Å². The summed E-state index contributed by atoms with van der Waals surface area (Å²) in [4.78, 5) is 18.1. The van der Waals surface area contributed by atoms with Gasteiger partial charge < -0.3 is 5.32 Å². The second-order valence-corrected chi connectivity index (χ2v) is 7.06. The molecule has 25 heavy (non-hydrogen) atoms.